The molecule has 0 aromatic heterocycles. The first kappa shape index (κ1) is 16.1. The summed E-state index contributed by atoms with van der Waals surface area (Å²) in [5.41, 5.74) is 5.08. The number of likely N-dealkylation sites (N-methyl/N-ethyl adjacent to an activating group) is 1. The molecule has 106 valence electrons. The van der Waals surface area contributed by atoms with E-state index in [1.165, 1.54) is 12.1 Å². The molecule has 0 heterocycles. The normalized spacial score (nSPS) is 14.4. The van der Waals surface area contributed by atoms with Crippen molar-refractivity contribution >= 4 is 21.8 Å². The molecule has 0 radical (unpaired) electrons. The molecule has 0 saturated carbocycles. The maximum Gasteiger partial charge on any atom is 0.242 e. The van der Waals surface area contributed by atoms with Gasteiger partial charge in [0, 0.05) is 17.6 Å². The molecule has 1 aromatic rings. The Bertz CT molecular complexity index is 467. The molecule has 19 heavy (non-hydrogen) atoms. The minimum absolute atomic E-state index is 0.365. The molecule has 0 saturated heterocycles. The zero-order chi connectivity index (χ0) is 14.6. The summed E-state index contributed by atoms with van der Waals surface area (Å²) in [6.45, 7) is 3.06. The molecule has 4 nitrogen and oxygen atoms in total. The molecule has 1 unspecified atom stereocenters. The van der Waals surface area contributed by atoms with Crippen molar-refractivity contribution in [2.24, 2.45) is 5.73 Å². The van der Waals surface area contributed by atoms with Crippen LogP contribution in [0.15, 0.2) is 22.7 Å². The number of primary amides is 1. The van der Waals surface area contributed by atoms with Crippen molar-refractivity contribution in [1.29, 1.82) is 0 Å². The average Bonchev–Trinajstić information content (AvgIpc) is 2.27. The zero-order valence-electron chi connectivity index (χ0n) is 11.3. The van der Waals surface area contributed by atoms with Crippen LogP contribution in [0, 0.1) is 5.82 Å². The number of nitrogens with zero attached hydrogens (tertiary/aromatic N) is 1. The summed E-state index contributed by atoms with van der Waals surface area (Å²) in [6.07, 6.45) is 0. The number of amides is 1. The molecular weight excluding hydrogens is 313 g/mol. The first-order valence-electron chi connectivity index (χ1n) is 5.92. The largest absolute Gasteiger partial charge is 0.368 e. The monoisotopic (exact) mass is 331 g/mol. The molecule has 3 N–H and O–H groups in total. The highest BCUT2D eigenvalue weighted by Crippen LogP contribution is 2.28. The highest BCUT2D eigenvalue weighted by molar-refractivity contribution is 9.10. The quantitative estimate of drug-likeness (QED) is 0.829. The first-order chi connectivity index (χ1) is 8.77. The van der Waals surface area contributed by atoms with Crippen LogP contribution in [-0.2, 0) is 10.3 Å². The molecule has 1 amide bonds. The molecule has 0 fully saturated rings. The Labute approximate surface area is 121 Å². The third-order valence-electron chi connectivity index (χ3n) is 3.00. The van der Waals surface area contributed by atoms with Gasteiger partial charge in [0.25, 0.3) is 0 Å². The fraction of sp³-hybridized carbons (Fsp3) is 0.462. The number of carbonyl (C=O) groups is 1. The van der Waals surface area contributed by atoms with Crippen molar-refractivity contribution in [3.63, 3.8) is 0 Å². The summed E-state index contributed by atoms with van der Waals surface area (Å²) in [4.78, 5) is 13.8. The zero-order valence-corrected chi connectivity index (χ0v) is 12.9. The van der Waals surface area contributed by atoms with Gasteiger partial charge in [-0.15, -0.1) is 0 Å². The van der Waals surface area contributed by atoms with E-state index in [0.29, 0.717) is 16.6 Å². The van der Waals surface area contributed by atoms with E-state index < -0.39 is 11.4 Å². The second kappa shape index (κ2) is 6.45. The van der Waals surface area contributed by atoms with Crippen LogP contribution >= 0.6 is 15.9 Å². The number of nitrogens with one attached hydrogen (secondary N) is 1. The van der Waals surface area contributed by atoms with E-state index in [1.54, 1.807) is 13.0 Å². The van der Waals surface area contributed by atoms with E-state index in [1.807, 2.05) is 19.0 Å². The standard InChI is InChI=1S/C13H19BrFN3O/c1-13(12(16)19,17-6-7-18(2)3)10-5-4-9(15)8-11(10)14/h4-5,8,17H,6-7H2,1-3H3,(H2,16,19). The second-order valence-corrected chi connectivity index (χ2v) is 5.70. The van der Waals surface area contributed by atoms with Crippen LogP contribution < -0.4 is 11.1 Å². The lowest BCUT2D eigenvalue weighted by atomic mass is 9.91. The van der Waals surface area contributed by atoms with Crippen LogP contribution in [0.5, 0.6) is 0 Å². The topological polar surface area (TPSA) is 58.4 Å². The van der Waals surface area contributed by atoms with Gasteiger partial charge in [-0.2, -0.15) is 0 Å². The maximum atomic E-state index is 13.1. The minimum Gasteiger partial charge on any atom is -0.368 e. The van der Waals surface area contributed by atoms with E-state index in [-0.39, 0.29) is 5.82 Å². The van der Waals surface area contributed by atoms with Gasteiger partial charge in [-0.3, -0.25) is 10.1 Å². The number of rotatable bonds is 6. The SMILES string of the molecule is CN(C)CCNC(C)(C(N)=O)c1ccc(F)cc1Br. The van der Waals surface area contributed by atoms with Crippen LogP contribution in [0.3, 0.4) is 0 Å². The van der Waals surface area contributed by atoms with E-state index in [9.17, 15) is 9.18 Å². The van der Waals surface area contributed by atoms with Gasteiger partial charge in [0.15, 0.2) is 0 Å². The van der Waals surface area contributed by atoms with E-state index in [4.69, 9.17) is 5.73 Å². The highest BCUT2D eigenvalue weighted by atomic mass is 79.9. The summed E-state index contributed by atoms with van der Waals surface area (Å²) in [5, 5.41) is 3.13. The van der Waals surface area contributed by atoms with Crippen LogP contribution in [-0.4, -0.2) is 38.0 Å². The molecule has 1 rings (SSSR count). The van der Waals surface area contributed by atoms with Gasteiger partial charge in [-0.1, -0.05) is 22.0 Å². The molecule has 0 aliphatic carbocycles. The third-order valence-corrected chi connectivity index (χ3v) is 3.66. The second-order valence-electron chi connectivity index (χ2n) is 4.84. The van der Waals surface area contributed by atoms with E-state index in [0.717, 1.165) is 6.54 Å². The van der Waals surface area contributed by atoms with Gasteiger partial charge in [0.2, 0.25) is 5.91 Å². The summed E-state index contributed by atoms with van der Waals surface area (Å²) in [5.74, 6) is -0.866. The Balaban J connectivity index is 3.01. The lowest BCUT2D eigenvalue weighted by molar-refractivity contribution is -0.124. The molecule has 1 atom stereocenters. The van der Waals surface area contributed by atoms with E-state index in [2.05, 4.69) is 21.2 Å². The predicted molar refractivity (Wildman–Crippen MR) is 77.2 cm³/mol. The van der Waals surface area contributed by atoms with Gasteiger partial charge >= 0.3 is 0 Å². The number of halogens is 2. The number of carbonyl (C=O) groups excluding carboxylic acids is 1. The summed E-state index contributed by atoms with van der Waals surface area (Å²) < 4.78 is 13.6. The number of hydrogen-bond donors (Lipinski definition) is 2. The van der Waals surface area contributed by atoms with Crippen LogP contribution in [0.4, 0.5) is 4.39 Å². The molecule has 0 aliphatic rings. The molecule has 6 heteroatoms. The molecule has 0 aliphatic heterocycles. The maximum absolute atomic E-state index is 13.1. The third kappa shape index (κ3) is 3.99. The summed E-state index contributed by atoms with van der Waals surface area (Å²) in [6, 6.07) is 4.20. The van der Waals surface area contributed by atoms with E-state index >= 15 is 0 Å². The van der Waals surface area contributed by atoms with Crippen LogP contribution in [0.2, 0.25) is 0 Å². The first-order valence-corrected chi connectivity index (χ1v) is 6.72. The Morgan fingerprint density at radius 3 is 2.63 bits per heavy atom. The van der Waals surface area contributed by atoms with Gasteiger partial charge in [0.1, 0.15) is 11.4 Å². The van der Waals surface area contributed by atoms with Crippen molar-refractivity contribution in [2.75, 3.05) is 27.2 Å². The molecule has 1 aromatic carbocycles. The Hall–Kier alpha value is -0.980. The Morgan fingerprint density at radius 1 is 1.53 bits per heavy atom. The molecular formula is C13H19BrFN3O. The lowest BCUT2D eigenvalue weighted by Gasteiger charge is -2.29. The minimum atomic E-state index is -1.04. The molecule has 0 bridgehead atoms. The van der Waals surface area contributed by atoms with Crippen molar-refractivity contribution in [3.8, 4) is 0 Å². The fourth-order valence-electron chi connectivity index (χ4n) is 1.74. The van der Waals surface area contributed by atoms with Crippen molar-refractivity contribution in [2.45, 2.75) is 12.5 Å². The average molecular weight is 332 g/mol. The van der Waals surface area contributed by atoms with Gasteiger partial charge < -0.3 is 10.6 Å². The van der Waals surface area contributed by atoms with Crippen LogP contribution in [0.25, 0.3) is 0 Å². The van der Waals surface area contributed by atoms with Crippen LogP contribution in [0.1, 0.15) is 12.5 Å². The number of nitrogens with two attached hydrogens (primary N) is 1. The highest BCUT2D eigenvalue weighted by Gasteiger charge is 2.34. The number of hydrogen-bond acceptors (Lipinski definition) is 3. The molecule has 0 spiro atoms. The predicted octanol–water partition coefficient (Wildman–Crippen LogP) is 1.44. The summed E-state index contributed by atoms with van der Waals surface area (Å²) >= 11 is 3.27. The fourth-order valence-corrected chi connectivity index (χ4v) is 2.49. The van der Waals surface area contributed by atoms with Gasteiger partial charge in [-0.25, -0.2) is 4.39 Å². The lowest BCUT2D eigenvalue weighted by Crippen LogP contribution is -2.52. The smallest absolute Gasteiger partial charge is 0.242 e. The Kier molecular flexibility index (Phi) is 5.46. The number of benzene rings is 1. The van der Waals surface area contributed by atoms with Gasteiger partial charge in [0.05, 0.1) is 0 Å². The van der Waals surface area contributed by atoms with Gasteiger partial charge in [-0.05, 0) is 38.7 Å². The Morgan fingerprint density at radius 2 is 2.16 bits per heavy atom. The summed E-state index contributed by atoms with van der Waals surface area (Å²) in [7, 11) is 3.88. The van der Waals surface area contributed by atoms with Crippen molar-refractivity contribution in [3.05, 3.63) is 34.1 Å². The van der Waals surface area contributed by atoms with Crippen molar-refractivity contribution in [1.82, 2.24) is 10.2 Å². The van der Waals surface area contributed by atoms with Crippen molar-refractivity contribution < 1.29 is 9.18 Å².